The van der Waals surface area contributed by atoms with Crippen molar-refractivity contribution < 1.29 is 4.74 Å². The molecule has 26 heavy (non-hydrogen) atoms. The lowest BCUT2D eigenvalue weighted by Crippen LogP contribution is -2.46. The van der Waals surface area contributed by atoms with Crippen LogP contribution in [-0.4, -0.2) is 61.2 Å². The zero-order chi connectivity index (χ0) is 17.8. The number of nitrogens with zero attached hydrogens (tertiary/aromatic N) is 5. The van der Waals surface area contributed by atoms with Gasteiger partial charge in [-0.15, -0.1) is 0 Å². The van der Waals surface area contributed by atoms with Crippen molar-refractivity contribution in [2.75, 3.05) is 56.2 Å². The summed E-state index contributed by atoms with van der Waals surface area (Å²) >= 11 is 0. The fourth-order valence-corrected chi connectivity index (χ4v) is 3.84. The van der Waals surface area contributed by atoms with Crippen LogP contribution in [0.1, 0.15) is 18.4 Å². The van der Waals surface area contributed by atoms with Gasteiger partial charge in [-0.05, 0) is 18.9 Å². The van der Waals surface area contributed by atoms with Gasteiger partial charge in [0.1, 0.15) is 23.7 Å². The summed E-state index contributed by atoms with van der Waals surface area (Å²) in [5.41, 5.74) is 1.25. The monoisotopic (exact) mass is 353 g/mol. The number of piperazine rings is 1. The van der Waals surface area contributed by atoms with Gasteiger partial charge >= 0.3 is 0 Å². The second kappa shape index (κ2) is 7.91. The molecule has 0 aliphatic carbocycles. The van der Waals surface area contributed by atoms with Gasteiger partial charge in [0, 0.05) is 57.4 Å². The maximum Gasteiger partial charge on any atom is 0.134 e. The van der Waals surface area contributed by atoms with E-state index < -0.39 is 0 Å². The summed E-state index contributed by atoms with van der Waals surface area (Å²) in [4.78, 5) is 16.2. The molecule has 2 aliphatic heterocycles. The lowest BCUT2D eigenvalue weighted by molar-refractivity contribution is 0.245. The van der Waals surface area contributed by atoms with Crippen molar-refractivity contribution in [2.24, 2.45) is 0 Å². The largest absolute Gasteiger partial charge is 0.496 e. The minimum Gasteiger partial charge on any atom is -0.496 e. The molecule has 138 valence electrons. The molecule has 2 fully saturated rings. The first kappa shape index (κ1) is 17.1. The summed E-state index contributed by atoms with van der Waals surface area (Å²) in [5, 5.41) is 0. The highest BCUT2D eigenvalue weighted by Gasteiger charge is 2.21. The van der Waals surface area contributed by atoms with Crippen LogP contribution in [0.2, 0.25) is 0 Å². The van der Waals surface area contributed by atoms with Crippen molar-refractivity contribution in [3.8, 4) is 5.75 Å². The summed E-state index contributed by atoms with van der Waals surface area (Å²) in [6.07, 6.45) is 4.24. The molecule has 6 heteroatoms. The number of benzene rings is 1. The van der Waals surface area contributed by atoms with Crippen LogP contribution in [0.3, 0.4) is 0 Å². The van der Waals surface area contributed by atoms with E-state index in [4.69, 9.17) is 4.74 Å². The molecular formula is C20H27N5O. The van der Waals surface area contributed by atoms with Gasteiger partial charge in [0.05, 0.1) is 7.11 Å². The maximum absolute atomic E-state index is 5.48. The van der Waals surface area contributed by atoms with E-state index in [0.717, 1.165) is 63.2 Å². The third-order valence-corrected chi connectivity index (χ3v) is 5.35. The van der Waals surface area contributed by atoms with E-state index in [1.807, 2.05) is 12.1 Å². The second-order valence-electron chi connectivity index (χ2n) is 7.00. The molecule has 0 atom stereocenters. The molecule has 2 aliphatic rings. The van der Waals surface area contributed by atoms with E-state index in [0.29, 0.717) is 0 Å². The van der Waals surface area contributed by atoms with Crippen LogP contribution in [0.15, 0.2) is 36.7 Å². The zero-order valence-corrected chi connectivity index (χ0v) is 15.5. The Balaban J connectivity index is 1.37. The molecular weight excluding hydrogens is 326 g/mol. The summed E-state index contributed by atoms with van der Waals surface area (Å²) in [6.45, 7) is 7.20. The molecule has 0 saturated carbocycles. The van der Waals surface area contributed by atoms with Gasteiger partial charge in [0.25, 0.3) is 0 Å². The predicted octanol–water partition coefficient (Wildman–Crippen LogP) is 2.41. The topological polar surface area (TPSA) is 44.7 Å². The van der Waals surface area contributed by atoms with E-state index in [9.17, 15) is 0 Å². The van der Waals surface area contributed by atoms with Crippen molar-refractivity contribution in [3.05, 3.63) is 42.2 Å². The second-order valence-corrected chi connectivity index (χ2v) is 7.00. The van der Waals surface area contributed by atoms with Gasteiger partial charge in [-0.2, -0.15) is 0 Å². The molecule has 2 aromatic rings. The van der Waals surface area contributed by atoms with Crippen LogP contribution in [-0.2, 0) is 6.54 Å². The molecule has 0 amide bonds. The van der Waals surface area contributed by atoms with Crippen molar-refractivity contribution in [3.63, 3.8) is 0 Å². The van der Waals surface area contributed by atoms with Crippen molar-refractivity contribution in [2.45, 2.75) is 19.4 Å². The molecule has 1 aromatic carbocycles. The van der Waals surface area contributed by atoms with Crippen molar-refractivity contribution >= 4 is 11.6 Å². The molecule has 0 radical (unpaired) electrons. The molecule has 0 unspecified atom stereocenters. The van der Waals surface area contributed by atoms with E-state index in [1.165, 1.54) is 18.4 Å². The van der Waals surface area contributed by atoms with E-state index in [1.54, 1.807) is 13.4 Å². The van der Waals surface area contributed by atoms with Gasteiger partial charge in [0.2, 0.25) is 0 Å². The quantitative estimate of drug-likeness (QED) is 0.823. The predicted molar refractivity (Wildman–Crippen MR) is 104 cm³/mol. The van der Waals surface area contributed by atoms with Gasteiger partial charge < -0.3 is 14.5 Å². The van der Waals surface area contributed by atoms with Crippen LogP contribution in [0.4, 0.5) is 11.6 Å². The fourth-order valence-electron chi connectivity index (χ4n) is 3.84. The number of ether oxygens (including phenoxy) is 1. The third kappa shape index (κ3) is 3.75. The summed E-state index contributed by atoms with van der Waals surface area (Å²) in [7, 11) is 1.74. The molecule has 6 nitrogen and oxygen atoms in total. The molecule has 1 aromatic heterocycles. The normalized spacial score (nSPS) is 18.3. The van der Waals surface area contributed by atoms with Crippen LogP contribution in [0.5, 0.6) is 5.75 Å². The average Bonchev–Trinajstić information content (AvgIpc) is 3.24. The van der Waals surface area contributed by atoms with Crippen LogP contribution >= 0.6 is 0 Å². The Kier molecular flexibility index (Phi) is 5.20. The molecule has 2 saturated heterocycles. The van der Waals surface area contributed by atoms with Gasteiger partial charge in [-0.1, -0.05) is 18.2 Å². The number of hydrogen-bond acceptors (Lipinski definition) is 6. The number of aromatic nitrogens is 2. The van der Waals surface area contributed by atoms with Crippen LogP contribution in [0.25, 0.3) is 0 Å². The van der Waals surface area contributed by atoms with Gasteiger partial charge in [0.15, 0.2) is 0 Å². The number of hydrogen-bond donors (Lipinski definition) is 0. The highest BCUT2D eigenvalue weighted by molar-refractivity contribution is 5.50. The minimum absolute atomic E-state index is 0.931. The first-order valence-electron chi connectivity index (χ1n) is 9.50. The summed E-state index contributed by atoms with van der Waals surface area (Å²) in [6, 6.07) is 10.4. The SMILES string of the molecule is COc1ccccc1CN1CCN(c2cc(N3CCCC3)ncn2)CC1. The zero-order valence-electron chi connectivity index (χ0n) is 15.5. The first-order chi connectivity index (χ1) is 12.8. The molecule has 0 bridgehead atoms. The first-order valence-corrected chi connectivity index (χ1v) is 9.50. The highest BCUT2D eigenvalue weighted by atomic mass is 16.5. The Hall–Kier alpha value is -2.34. The molecule has 4 rings (SSSR count). The summed E-state index contributed by atoms with van der Waals surface area (Å²) < 4.78 is 5.48. The molecule has 0 N–H and O–H groups in total. The maximum atomic E-state index is 5.48. The number of methoxy groups -OCH3 is 1. The number of rotatable bonds is 5. The Morgan fingerprint density at radius 1 is 0.885 bits per heavy atom. The van der Waals surface area contributed by atoms with E-state index in [-0.39, 0.29) is 0 Å². The van der Waals surface area contributed by atoms with E-state index >= 15 is 0 Å². The highest BCUT2D eigenvalue weighted by Crippen LogP contribution is 2.23. The fraction of sp³-hybridized carbons (Fsp3) is 0.500. The Morgan fingerprint density at radius 3 is 2.23 bits per heavy atom. The van der Waals surface area contributed by atoms with Crippen LogP contribution in [0, 0.1) is 0 Å². The Bertz CT molecular complexity index is 724. The molecule has 3 heterocycles. The number of anilines is 2. The number of para-hydroxylation sites is 1. The third-order valence-electron chi connectivity index (χ3n) is 5.35. The van der Waals surface area contributed by atoms with Crippen molar-refractivity contribution in [1.82, 2.24) is 14.9 Å². The minimum atomic E-state index is 0.931. The molecule has 0 spiro atoms. The van der Waals surface area contributed by atoms with Gasteiger partial charge in [-0.3, -0.25) is 4.90 Å². The summed E-state index contributed by atoms with van der Waals surface area (Å²) in [5.74, 6) is 3.10. The standard InChI is InChI=1S/C20H27N5O/c1-26-18-7-3-2-6-17(18)15-23-10-12-25(13-11-23)20-14-19(21-16-22-20)24-8-4-5-9-24/h2-3,6-7,14,16H,4-5,8-13,15H2,1H3. The average molecular weight is 353 g/mol. The lowest BCUT2D eigenvalue weighted by atomic mass is 10.1. The Morgan fingerprint density at radius 2 is 1.54 bits per heavy atom. The Labute approximate surface area is 155 Å². The van der Waals surface area contributed by atoms with E-state index in [2.05, 4.69) is 42.9 Å². The lowest BCUT2D eigenvalue weighted by Gasteiger charge is -2.35. The smallest absolute Gasteiger partial charge is 0.134 e. The van der Waals surface area contributed by atoms with Crippen LogP contribution < -0.4 is 14.5 Å². The van der Waals surface area contributed by atoms with Gasteiger partial charge in [-0.25, -0.2) is 9.97 Å². The van der Waals surface area contributed by atoms with Crippen molar-refractivity contribution in [1.29, 1.82) is 0 Å².